The predicted octanol–water partition coefficient (Wildman–Crippen LogP) is 3.34. The number of rotatable bonds is 4. The molecule has 0 aromatic heterocycles. The van der Waals surface area contributed by atoms with Gasteiger partial charge in [-0.3, -0.25) is 4.79 Å². The first-order valence-electron chi connectivity index (χ1n) is 8.83. The number of sulfonamides is 1. The van der Waals surface area contributed by atoms with Crippen LogP contribution in [-0.4, -0.2) is 37.9 Å². The highest BCUT2D eigenvalue weighted by molar-refractivity contribution is 7.89. The summed E-state index contributed by atoms with van der Waals surface area (Å²) < 4.78 is 32.3. The molecular weight excluding hydrogens is 338 g/mol. The van der Waals surface area contributed by atoms with Crippen molar-refractivity contribution < 1.29 is 17.9 Å². The van der Waals surface area contributed by atoms with E-state index in [1.807, 2.05) is 26.0 Å². The Morgan fingerprint density at radius 2 is 1.64 bits per heavy atom. The Bertz CT molecular complexity index is 694. The van der Waals surface area contributed by atoms with Crippen molar-refractivity contribution >= 4 is 16.0 Å². The van der Waals surface area contributed by atoms with Gasteiger partial charge in [0.2, 0.25) is 10.0 Å². The second-order valence-electron chi connectivity index (χ2n) is 7.94. The quantitative estimate of drug-likeness (QED) is 0.766. The molecule has 6 heteroatoms. The number of hydrogen-bond donors (Lipinski definition) is 0. The number of ether oxygens (including phenoxy) is 1. The largest absolute Gasteiger partial charge is 0.463 e. The number of piperidine rings is 1. The zero-order valence-electron chi connectivity index (χ0n) is 15.8. The van der Waals surface area contributed by atoms with Crippen LogP contribution in [-0.2, 0) is 25.0 Å². The van der Waals surface area contributed by atoms with Crippen molar-refractivity contribution in [3.05, 3.63) is 29.8 Å². The maximum absolute atomic E-state index is 12.8. The van der Waals surface area contributed by atoms with Crippen LogP contribution in [0.4, 0.5) is 0 Å². The molecule has 0 unspecified atom stereocenters. The van der Waals surface area contributed by atoms with Gasteiger partial charge in [0.05, 0.1) is 16.9 Å². The Balaban J connectivity index is 2.05. The van der Waals surface area contributed by atoms with E-state index in [-0.39, 0.29) is 23.4 Å². The third-order valence-electron chi connectivity index (χ3n) is 4.50. The van der Waals surface area contributed by atoms with Gasteiger partial charge in [0, 0.05) is 13.1 Å². The molecule has 0 spiro atoms. The van der Waals surface area contributed by atoms with Crippen LogP contribution in [0.3, 0.4) is 0 Å². The molecule has 5 nitrogen and oxygen atoms in total. The molecule has 1 aromatic carbocycles. The summed E-state index contributed by atoms with van der Waals surface area (Å²) in [6.45, 7) is 10.6. The number of hydrogen-bond acceptors (Lipinski definition) is 4. The molecule has 1 aromatic rings. The third-order valence-corrected chi connectivity index (χ3v) is 6.41. The van der Waals surface area contributed by atoms with Crippen LogP contribution in [0.5, 0.6) is 0 Å². The van der Waals surface area contributed by atoms with Crippen molar-refractivity contribution in [2.45, 2.75) is 63.9 Å². The molecule has 1 heterocycles. The highest BCUT2D eigenvalue weighted by Crippen LogP contribution is 2.27. The molecule has 140 valence electrons. The summed E-state index contributed by atoms with van der Waals surface area (Å²) in [7, 11) is -3.52. The van der Waals surface area contributed by atoms with Crippen LogP contribution < -0.4 is 0 Å². The lowest BCUT2D eigenvalue weighted by Gasteiger charge is -2.30. The fourth-order valence-corrected chi connectivity index (χ4v) is 4.41. The van der Waals surface area contributed by atoms with Gasteiger partial charge in [0.25, 0.3) is 0 Å². The molecular formula is C19H29NO4S. The van der Waals surface area contributed by atoms with E-state index in [1.54, 1.807) is 12.1 Å². The first kappa shape index (κ1) is 19.9. The summed E-state index contributed by atoms with van der Waals surface area (Å²) >= 11 is 0. The zero-order chi connectivity index (χ0) is 18.8. The summed E-state index contributed by atoms with van der Waals surface area (Å²) in [4.78, 5) is 12.3. The molecule has 0 atom stereocenters. The van der Waals surface area contributed by atoms with E-state index < -0.39 is 10.0 Å². The van der Waals surface area contributed by atoms with Gasteiger partial charge in [-0.05, 0) is 49.8 Å². The third kappa shape index (κ3) is 4.82. The van der Waals surface area contributed by atoms with Gasteiger partial charge in [0.15, 0.2) is 0 Å². The van der Waals surface area contributed by atoms with Gasteiger partial charge >= 0.3 is 5.97 Å². The summed E-state index contributed by atoms with van der Waals surface area (Å²) in [5, 5.41) is 0. The van der Waals surface area contributed by atoms with Crippen LogP contribution in [0.1, 0.15) is 53.0 Å². The predicted molar refractivity (Wildman–Crippen MR) is 97.9 cm³/mol. The van der Waals surface area contributed by atoms with Crippen molar-refractivity contribution in [3.63, 3.8) is 0 Å². The normalized spacial score (nSPS) is 17.7. The Morgan fingerprint density at radius 1 is 1.12 bits per heavy atom. The minimum absolute atomic E-state index is 0.0165. The number of benzene rings is 1. The topological polar surface area (TPSA) is 63.7 Å². The van der Waals surface area contributed by atoms with Crippen LogP contribution in [0.25, 0.3) is 0 Å². The molecule has 0 bridgehead atoms. The average Bonchev–Trinajstić information content (AvgIpc) is 2.53. The van der Waals surface area contributed by atoms with Crippen LogP contribution in [0.2, 0.25) is 0 Å². The van der Waals surface area contributed by atoms with Gasteiger partial charge < -0.3 is 4.74 Å². The molecule has 2 rings (SSSR count). The summed E-state index contributed by atoms with van der Waals surface area (Å²) in [6, 6.07) is 7.10. The Kier molecular flexibility index (Phi) is 5.94. The second-order valence-corrected chi connectivity index (χ2v) is 9.88. The standard InChI is InChI=1S/C19H29NO4S/c1-14(2)24-18(21)15-10-12-20(13-11-15)25(22,23)17-8-6-16(7-9-17)19(3,4)5/h6-9,14-15H,10-13H2,1-5H3. The van der Waals surface area contributed by atoms with Gasteiger partial charge in [-0.2, -0.15) is 4.31 Å². The van der Waals surface area contributed by atoms with Crippen molar-refractivity contribution in [1.29, 1.82) is 0 Å². The maximum Gasteiger partial charge on any atom is 0.309 e. The van der Waals surface area contributed by atoms with E-state index in [4.69, 9.17) is 4.74 Å². The second kappa shape index (κ2) is 7.46. The number of carbonyl (C=O) groups excluding carboxylic acids is 1. The molecule has 0 amide bonds. The fraction of sp³-hybridized carbons (Fsp3) is 0.632. The van der Waals surface area contributed by atoms with Crippen molar-refractivity contribution in [2.24, 2.45) is 5.92 Å². The maximum atomic E-state index is 12.8. The van der Waals surface area contributed by atoms with Crippen LogP contribution in [0.15, 0.2) is 29.2 Å². The van der Waals surface area contributed by atoms with Crippen molar-refractivity contribution in [3.8, 4) is 0 Å². The minimum Gasteiger partial charge on any atom is -0.463 e. The Labute approximate surface area is 151 Å². The van der Waals surface area contributed by atoms with Gasteiger partial charge in [-0.15, -0.1) is 0 Å². The Hall–Kier alpha value is -1.40. The van der Waals surface area contributed by atoms with E-state index in [1.165, 1.54) is 4.31 Å². The molecule has 25 heavy (non-hydrogen) atoms. The monoisotopic (exact) mass is 367 g/mol. The lowest BCUT2D eigenvalue weighted by molar-refractivity contribution is -0.153. The van der Waals surface area contributed by atoms with Crippen LogP contribution in [0, 0.1) is 5.92 Å². The average molecular weight is 368 g/mol. The lowest BCUT2D eigenvalue weighted by atomic mass is 9.87. The van der Waals surface area contributed by atoms with E-state index >= 15 is 0 Å². The fourth-order valence-electron chi connectivity index (χ4n) is 2.94. The highest BCUT2D eigenvalue weighted by atomic mass is 32.2. The summed E-state index contributed by atoms with van der Waals surface area (Å²) in [6.07, 6.45) is 0.867. The van der Waals surface area contributed by atoms with Crippen molar-refractivity contribution in [1.82, 2.24) is 4.31 Å². The number of esters is 1. The van der Waals surface area contributed by atoms with E-state index in [9.17, 15) is 13.2 Å². The minimum atomic E-state index is -3.52. The summed E-state index contributed by atoms with van der Waals surface area (Å²) in [5.41, 5.74) is 1.08. The molecule has 1 fully saturated rings. The number of nitrogens with zero attached hydrogens (tertiary/aromatic N) is 1. The van der Waals surface area contributed by atoms with Crippen LogP contribution >= 0.6 is 0 Å². The SMILES string of the molecule is CC(C)OC(=O)C1CCN(S(=O)(=O)c2ccc(C(C)(C)C)cc2)CC1. The first-order valence-corrected chi connectivity index (χ1v) is 10.3. The van der Waals surface area contributed by atoms with Gasteiger partial charge in [0.1, 0.15) is 0 Å². The molecule has 0 radical (unpaired) electrons. The molecule has 1 aliphatic heterocycles. The van der Waals surface area contributed by atoms with Gasteiger partial charge in [-0.25, -0.2) is 8.42 Å². The smallest absolute Gasteiger partial charge is 0.309 e. The zero-order valence-corrected chi connectivity index (χ0v) is 16.6. The van der Waals surface area contributed by atoms with Crippen molar-refractivity contribution in [2.75, 3.05) is 13.1 Å². The van der Waals surface area contributed by atoms with E-state index in [0.717, 1.165) is 5.56 Å². The number of carbonyl (C=O) groups is 1. The lowest BCUT2D eigenvalue weighted by Crippen LogP contribution is -2.40. The van der Waals surface area contributed by atoms with E-state index in [2.05, 4.69) is 20.8 Å². The van der Waals surface area contributed by atoms with Gasteiger partial charge in [-0.1, -0.05) is 32.9 Å². The molecule has 1 aliphatic rings. The summed E-state index contributed by atoms with van der Waals surface area (Å²) in [5.74, 6) is -0.432. The molecule has 1 saturated heterocycles. The molecule has 0 aliphatic carbocycles. The molecule has 0 N–H and O–H groups in total. The Morgan fingerprint density at radius 3 is 2.08 bits per heavy atom. The van der Waals surface area contributed by atoms with E-state index in [0.29, 0.717) is 30.8 Å². The highest BCUT2D eigenvalue weighted by Gasteiger charge is 2.33. The first-order chi connectivity index (χ1) is 11.5. The molecule has 0 saturated carbocycles.